The Labute approximate surface area is 327 Å². The smallest absolute Gasteiger partial charge is 0.0640 e. The van der Waals surface area contributed by atoms with Crippen molar-refractivity contribution in [2.75, 3.05) is 4.90 Å². The fourth-order valence-electron chi connectivity index (χ4n) is 8.39. The Bertz CT molecular complexity index is 3210. The summed E-state index contributed by atoms with van der Waals surface area (Å²) in [4.78, 5) is 2.51. The Kier molecular flexibility index (Phi) is 7.61. The molecular weight excluding hydrogens is 703 g/mol. The maximum atomic E-state index is 2.51. The Hall–Kier alpha value is -6.52. The highest BCUT2D eigenvalue weighted by Gasteiger charge is 2.23. The minimum atomic E-state index is 1.12. The van der Waals surface area contributed by atoms with Crippen LogP contribution >= 0.6 is 22.7 Å². The van der Waals surface area contributed by atoms with Gasteiger partial charge in [-0.05, 0) is 69.6 Å². The van der Waals surface area contributed by atoms with Gasteiger partial charge in [-0.2, -0.15) is 0 Å². The van der Waals surface area contributed by atoms with Crippen LogP contribution in [-0.4, -0.2) is 0 Å². The zero-order valence-electron chi connectivity index (χ0n) is 29.8. The SMILES string of the molecule is c1ccc(-c2cc(N(c3ccc(-c4ccccc4)c4ccccc34)c3cccc4c3sc3ccccc34)ccc2-c2cccc3c2sc2ccccc23)cc1. The molecule has 1 nitrogen and oxygen atoms in total. The summed E-state index contributed by atoms with van der Waals surface area (Å²) in [5, 5.41) is 7.65. The van der Waals surface area contributed by atoms with Crippen molar-refractivity contribution < 1.29 is 0 Å². The third kappa shape index (κ3) is 5.27. The zero-order valence-corrected chi connectivity index (χ0v) is 31.4. The summed E-state index contributed by atoms with van der Waals surface area (Å²) in [6, 6.07) is 73.4. The summed E-state index contributed by atoms with van der Waals surface area (Å²) < 4.78 is 5.21. The summed E-state index contributed by atoms with van der Waals surface area (Å²) in [7, 11) is 0. The normalized spacial score (nSPS) is 11.6. The monoisotopic (exact) mass is 735 g/mol. The Balaban J connectivity index is 1.20. The lowest BCUT2D eigenvalue weighted by Gasteiger charge is -2.29. The molecule has 0 radical (unpaired) electrons. The second-order valence-electron chi connectivity index (χ2n) is 14.0. The van der Waals surface area contributed by atoms with Crippen LogP contribution in [0.3, 0.4) is 0 Å². The first-order valence-corrected chi connectivity index (χ1v) is 20.3. The molecule has 258 valence electrons. The van der Waals surface area contributed by atoms with Gasteiger partial charge >= 0.3 is 0 Å². The highest BCUT2D eigenvalue weighted by molar-refractivity contribution is 7.26. The molecule has 0 atom stereocenters. The average Bonchev–Trinajstić information content (AvgIpc) is 3.84. The van der Waals surface area contributed by atoms with Crippen molar-refractivity contribution >= 4 is 90.9 Å². The molecule has 3 heteroatoms. The third-order valence-electron chi connectivity index (χ3n) is 10.9. The van der Waals surface area contributed by atoms with Gasteiger partial charge in [0.1, 0.15) is 0 Å². The first-order chi connectivity index (χ1) is 27.3. The standard InChI is InChI=1S/C52H33NS2/c1-3-15-34(16-4-1)37-31-32-47(40-20-8-7-19-38(37)40)53(48-26-14-25-45-42-22-10-12-28-50(42)55-52(45)48)36-29-30-39(46(33-36)35-17-5-2-6-18-35)43-23-13-24-44-41-21-9-11-27-49(41)54-51(43)44/h1-33H. The van der Waals surface area contributed by atoms with Crippen LogP contribution < -0.4 is 4.90 Å². The van der Waals surface area contributed by atoms with Crippen molar-refractivity contribution in [1.29, 1.82) is 0 Å². The molecule has 0 aliphatic rings. The van der Waals surface area contributed by atoms with Gasteiger partial charge < -0.3 is 4.90 Å². The van der Waals surface area contributed by atoms with Crippen molar-refractivity contribution in [3.05, 3.63) is 200 Å². The van der Waals surface area contributed by atoms with E-state index in [2.05, 4.69) is 205 Å². The van der Waals surface area contributed by atoms with Gasteiger partial charge in [-0.1, -0.05) is 164 Å². The number of hydrogen-bond donors (Lipinski definition) is 0. The quantitative estimate of drug-likeness (QED) is 0.164. The van der Waals surface area contributed by atoms with E-state index >= 15 is 0 Å². The van der Waals surface area contributed by atoms with Gasteiger partial charge in [0.15, 0.2) is 0 Å². The number of rotatable bonds is 6. The van der Waals surface area contributed by atoms with Gasteiger partial charge in [-0.15, -0.1) is 22.7 Å². The molecule has 0 N–H and O–H groups in total. The van der Waals surface area contributed by atoms with Gasteiger partial charge in [0.05, 0.1) is 16.1 Å². The molecule has 0 aliphatic carbocycles. The average molecular weight is 736 g/mol. The van der Waals surface area contributed by atoms with Gasteiger partial charge in [-0.25, -0.2) is 0 Å². The van der Waals surface area contributed by atoms with E-state index in [-0.39, 0.29) is 0 Å². The van der Waals surface area contributed by atoms with Crippen LogP contribution in [-0.2, 0) is 0 Å². The van der Waals surface area contributed by atoms with E-state index in [9.17, 15) is 0 Å². The molecule has 2 aromatic heterocycles. The molecule has 2 heterocycles. The maximum Gasteiger partial charge on any atom is 0.0640 e. The van der Waals surface area contributed by atoms with Crippen LogP contribution in [0, 0.1) is 0 Å². The number of hydrogen-bond acceptors (Lipinski definition) is 3. The number of fused-ring (bicyclic) bond motifs is 7. The lowest BCUT2D eigenvalue weighted by atomic mass is 9.92. The van der Waals surface area contributed by atoms with E-state index in [1.807, 2.05) is 22.7 Å². The lowest BCUT2D eigenvalue weighted by Crippen LogP contribution is -2.11. The Morgan fingerprint density at radius 1 is 0.291 bits per heavy atom. The van der Waals surface area contributed by atoms with Crippen molar-refractivity contribution in [3.63, 3.8) is 0 Å². The molecule has 9 aromatic carbocycles. The van der Waals surface area contributed by atoms with Gasteiger partial charge in [-0.3, -0.25) is 0 Å². The summed E-state index contributed by atoms with van der Waals surface area (Å²) in [6.07, 6.45) is 0. The molecule has 0 saturated carbocycles. The van der Waals surface area contributed by atoms with E-state index in [0.717, 1.165) is 11.4 Å². The predicted molar refractivity (Wildman–Crippen MR) is 241 cm³/mol. The second-order valence-corrected chi connectivity index (χ2v) is 16.1. The van der Waals surface area contributed by atoms with Gasteiger partial charge in [0, 0.05) is 52.3 Å². The zero-order chi connectivity index (χ0) is 36.3. The minimum Gasteiger partial charge on any atom is -0.308 e. The highest BCUT2D eigenvalue weighted by atomic mass is 32.1. The van der Waals surface area contributed by atoms with E-state index in [0.29, 0.717) is 0 Å². The van der Waals surface area contributed by atoms with Crippen LogP contribution in [0.15, 0.2) is 200 Å². The lowest BCUT2D eigenvalue weighted by molar-refractivity contribution is 1.32. The summed E-state index contributed by atoms with van der Waals surface area (Å²) >= 11 is 3.76. The predicted octanol–water partition coefficient (Wildman–Crippen LogP) is 16.0. The van der Waals surface area contributed by atoms with Crippen molar-refractivity contribution in [1.82, 2.24) is 0 Å². The number of anilines is 3. The van der Waals surface area contributed by atoms with Crippen LogP contribution in [0.1, 0.15) is 0 Å². The molecule has 0 aliphatic heterocycles. The van der Waals surface area contributed by atoms with E-state index in [4.69, 9.17) is 0 Å². The number of thiophene rings is 2. The number of benzene rings is 9. The minimum absolute atomic E-state index is 1.12. The molecule has 11 rings (SSSR count). The van der Waals surface area contributed by atoms with Crippen molar-refractivity contribution in [2.24, 2.45) is 0 Å². The van der Waals surface area contributed by atoms with E-state index in [1.165, 1.54) is 90.2 Å². The molecule has 0 bridgehead atoms. The number of nitrogens with zero attached hydrogens (tertiary/aromatic N) is 1. The topological polar surface area (TPSA) is 3.24 Å². The van der Waals surface area contributed by atoms with Crippen molar-refractivity contribution in [2.45, 2.75) is 0 Å². The molecular formula is C52H33NS2. The molecule has 0 amide bonds. The van der Waals surface area contributed by atoms with Gasteiger partial charge in [0.2, 0.25) is 0 Å². The van der Waals surface area contributed by atoms with Gasteiger partial charge in [0.25, 0.3) is 0 Å². The van der Waals surface area contributed by atoms with Crippen LogP contribution in [0.5, 0.6) is 0 Å². The molecule has 0 fully saturated rings. The first-order valence-electron chi connectivity index (χ1n) is 18.7. The molecule has 11 aromatic rings. The van der Waals surface area contributed by atoms with Crippen LogP contribution in [0.25, 0.3) is 84.5 Å². The Morgan fingerprint density at radius 3 is 1.53 bits per heavy atom. The molecule has 0 saturated heterocycles. The Morgan fingerprint density at radius 2 is 0.818 bits per heavy atom. The van der Waals surface area contributed by atoms with Crippen LogP contribution in [0.2, 0.25) is 0 Å². The second kappa shape index (κ2) is 13.1. The third-order valence-corrected chi connectivity index (χ3v) is 13.3. The molecule has 0 spiro atoms. The summed E-state index contributed by atoms with van der Waals surface area (Å²) in [5.74, 6) is 0. The molecule has 55 heavy (non-hydrogen) atoms. The summed E-state index contributed by atoms with van der Waals surface area (Å²) in [5.41, 5.74) is 10.8. The van der Waals surface area contributed by atoms with E-state index in [1.54, 1.807) is 0 Å². The maximum absolute atomic E-state index is 2.51. The summed E-state index contributed by atoms with van der Waals surface area (Å²) in [6.45, 7) is 0. The highest BCUT2D eigenvalue weighted by Crippen LogP contribution is 2.50. The fourth-order valence-corrected chi connectivity index (χ4v) is 10.8. The van der Waals surface area contributed by atoms with Crippen molar-refractivity contribution in [3.8, 4) is 33.4 Å². The van der Waals surface area contributed by atoms with Crippen LogP contribution in [0.4, 0.5) is 17.1 Å². The fraction of sp³-hybridized carbons (Fsp3) is 0. The first kappa shape index (κ1) is 32.0. The largest absolute Gasteiger partial charge is 0.308 e. The van der Waals surface area contributed by atoms with E-state index < -0.39 is 0 Å². The molecule has 0 unspecified atom stereocenters.